The van der Waals surface area contributed by atoms with Crippen molar-refractivity contribution in [3.05, 3.63) is 131 Å². The van der Waals surface area contributed by atoms with Crippen molar-refractivity contribution in [3.63, 3.8) is 0 Å². The summed E-state index contributed by atoms with van der Waals surface area (Å²) in [6, 6.07) is 40.9. The van der Waals surface area contributed by atoms with Crippen LogP contribution in [0.4, 0.5) is 0 Å². The Balaban J connectivity index is 0.000000245. The fourth-order valence-corrected chi connectivity index (χ4v) is 16.0. The Bertz CT molecular complexity index is 1980. The molecule has 7 heteroatoms. The summed E-state index contributed by atoms with van der Waals surface area (Å²) in [5.74, 6) is 1.19. The maximum absolute atomic E-state index is 5.98. The van der Waals surface area contributed by atoms with Crippen LogP contribution in [0.2, 0.25) is 39.3 Å². The molecule has 6 aromatic carbocycles. The number of benzene rings is 4. The van der Waals surface area contributed by atoms with E-state index in [0.29, 0.717) is 11.8 Å². The van der Waals surface area contributed by atoms with Crippen LogP contribution in [0.15, 0.2) is 109 Å². The summed E-state index contributed by atoms with van der Waals surface area (Å²) in [7, 11) is 13.4. The minimum atomic E-state index is -1.22. The van der Waals surface area contributed by atoms with Gasteiger partial charge in [0, 0.05) is 0 Å². The number of nitrogens with zero attached hydrogens (tertiary/aromatic N) is 1. The Hall–Kier alpha value is -1.98. The maximum atomic E-state index is 5.98. The van der Waals surface area contributed by atoms with E-state index in [1.165, 1.54) is 117 Å². The number of hydrogen-bond acceptors (Lipinski definition) is 1. The van der Waals surface area contributed by atoms with E-state index in [1.54, 1.807) is 0 Å². The zero-order valence-corrected chi connectivity index (χ0v) is 44.5. The molecule has 314 valence electrons. The molecule has 0 spiro atoms. The van der Waals surface area contributed by atoms with E-state index in [-0.39, 0.29) is 0 Å². The number of fused-ring (bicyclic) bond motifs is 2. The van der Waals surface area contributed by atoms with Gasteiger partial charge in [-0.05, 0) is 59.8 Å². The van der Waals surface area contributed by atoms with Gasteiger partial charge in [-0.2, -0.15) is 12.1 Å². The van der Waals surface area contributed by atoms with Gasteiger partial charge in [0.15, 0.2) is 7.98 Å². The monoisotopic (exact) mass is 937 g/mol. The average Bonchev–Trinajstić information content (AvgIpc) is 3.85. The van der Waals surface area contributed by atoms with Gasteiger partial charge in [-0.15, -0.1) is 69.1 Å². The van der Waals surface area contributed by atoms with Crippen molar-refractivity contribution in [2.45, 2.75) is 144 Å². The molecule has 0 aliphatic heterocycles. The van der Waals surface area contributed by atoms with Gasteiger partial charge in [-0.1, -0.05) is 178 Å². The van der Waals surface area contributed by atoms with Gasteiger partial charge < -0.3 is 4.14 Å². The molecule has 2 atom stereocenters. The Morgan fingerprint density at radius 1 is 0.559 bits per heavy atom. The van der Waals surface area contributed by atoms with Crippen LogP contribution in [0, 0.1) is 0 Å². The molecular weight excluding hydrogens is 868 g/mol. The summed E-state index contributed by atoms with van der Waals surface area (Å²) in [4.78, 5) is 0. The number of halogens is 2. The van der Waals surface area contributed by atoms with E-state index in [4.69, 9.17) is 25.0 Å². The van der Waals surface area contributed by atoms with Crippen LogP contribution in [0.25, 0.3) is 43.8 Å². The molecule has 0 amide bonds. The van der Waals surface area contributed by atoms with Crippen LogP contribution in [0.1, 0.15) is 114 Å². The standard InChI is InChI=1S/2C23H27.C6H18BNSi2.2ClH.Zr/c2*1-4-6-10-18-15-19-11-9-14-22(23(19)16-18)21-13-8-7-12-20(21)17(3)5-2;1-9(2,3)8(7)10(4,5)6;;;/h2*7-9,11-17H,4-6,10H2,1-3H3;1-6H3;2*1H;/q2*-1;;;;+4/p-2. The van der Waals surface area contributed by atoms with Crippen molar-refractivity contribution in [3.8, 4) is 22.3 Å². The number of aryl methyl sites for hydroxylation is 2. The molecule has 0 aliphatic carbocycles. The third-order valence-electron chi connectivity index (χ3n) is 11.5. The van der Waals surface area contributed by atoms with Crippen LogP contribution in [0.5, 0.6) is 0 Å². The zero-order chi connectivity index (χ0) is 43.8. The second-order valence-electron chi connectivity index (χ2n) is 18.1. The van der Waals surface area contributed by atoms with Gasteiger partial charge in [0.05, 0.1) is 0 Å². The van der Waals surface area contributed by atoms with Crippen molar-refractivity contribution in [2.24, 2.45) is 0 Å². The van der Waals surface area contributed by atoms with Crippen LogP contribution in [0.3, 0.4) is 0 Å². The van der Waals surface area contributed by atoms with E-state index >= 15 is 0 Å². The van der Waals surface area contributed by atoms with E-state index < -0.39 is 37.3 Å². The van der Waals surface area contributed by atoms with Gasteiger partial charge in [0.2, 0.25) is 0 Å². The molecule has 0 saturated carbocycles. The van der Waals surface area contributed by atoms with Gasteiger partial charge in [-0.3, -0.25) is 0 Å². The van der Waals surface area contributed by atoms with E-state index in [9.17, 15) is 0 Å². The van der Waals surface area contributed by atoms with Crippen LogP contribution >= 0.6 is 17.0 Å². The third-order valence-corrected chi connectivity index (χ3v) is 18.4. The molecule has 0 bridgehead atoms. The molecular formula is C52H72BCl2NSi2Zr. The van der Waals surface area contributed by atoms with E-state index in [1.807, 2.05) is 0 Å². The van der Waals surface area contributed by atoms with Gasteiger partial charge >= 0.3 is 37.9 Å². The summed E-state index contributed by atoms with van der Waals surface area (Å²) >= 11 is -0.826. The Morgan fingerprint density at radius 2 is 0.898 bits per heavy atom. The second-order valence-corrected chi connectivity index (χ2v) is 32.0. The summed E-state index contributed by atoms with van der Waals surface area (Å²) < 4.78 is 2.15. The second kappa shape index (κ2) is 25.2. The van der Waals surface area contributed by atoms with E-state index in [0.717, 1.165) is 0 Å². The fraction of sp³-hybridized carbons (Fsp3) is 0.423. The number of unbranched alkanes of at least 4 members (excludes halogenated alkanes) is 2. The van der Waals surface area contributed by atoms with E-state index in [2.05, 4.69) is 194 Å². The molecule has 2 unspecified atom stereocenters. The first-order valence-corrected chi connectivity index (χ1v) is 35.3. The minimum absolute atomic E-state index is 0.594. The van der Waals surface area contributed by atoms with Crippen LogP contribution in [-0.4, -0.2) is 28.6 Å². The summed E-state index contributed by atoms with van der Waals surface area (Å²) in [5, 5.41) is 5.59. The van der Waals surface area contributed by atoms with Crippen molar-refractivity contribution >= 4 is 63.0 Å². The van der Waals surface area contributed by atoms with Crippen molar-refractivity contribution in [2.75, 3.05) is 0 Å². The Labute approximate surface area is 382 Å². The first kappa shape index (κ1) is 51.4. The molecule has 1 nitrogen and oxygen atoms in total. The van der Waals surface area contributed by atoms with Crippen molar-refractivity contribution in [1.82, 2.24) is 4.14 Å². The molecule has 59 heavy (non-hydrogen) atoms. The quantitative estimate of drug-likeness (QED) is 0.0777. The topological polar surface area (TPSA) is 3.24 Å². The first-order chi connectivity index (χ1) is 28.1. The fourth-order valence-electron chi connectivity index (χ4n) is 7.90. The number of rotatable bonds is 14. The number of hydrogen-bond donors (Lipinski definition) is 0. The molecule has 0 N–H and O–H groups in total. The molecule has 0 heterocycles. The molecule has 0 fully saturated rings. The summed E-state index contributed by atoms with van der Waals surface area (Å²) in [6.45, 7) is 27.4. The predicted molar refractivity (Wildman–Crippen MR) is 271 cm³/mol. The van der Waals surface area contributed by atoms with Gasteiger partial charge in [0.1, 0.15) is 16.5 Å². The average molecular weight is 940 g/mol. The SMILES string of the molecule is CCCCc1cc2c(-c3ccccc3C(C)CC)cccc2[cH-]1.CCCCc1cc2c(-c3ccccc3C(C)CC)cccc2[cH-]1.[B]N([Si](C)(C)C)[Si](C)(C)C.[Cl][Zr+2][Cl]. The third kappa shape index (κ3) is 15.1. The predicted octanol–water partition coefficient (Wildman–Crippen LogP) is 17.6. The van der Waals surface area contributed by atoms with Crippen LogP contribution in [-0.2, 0) is 33.7 Å². The molecule has 2 radical (unpaired) electrons. The first-order valence-electron chi connectivity index (χ1n) is 22.1. The Morgan fingerprint density at radius 3 is 1.20 bits per heavy atom. The van der Waals surface area contributed by atoms with Gasteiger partial charge in [0.25, 0.3) is 0 Å². The van der Waals surface area contributed by atoms with Crippen molar-refractivity contribution in [1.29, 1.82) is 0 Å². The normalized spacial score (nSPS) is 12.5. The van der Waals surface area contributed by atoms with Crippen molar-refractivity contribution < 1.29 is 20.8 Å². The molecule has 0 aromatic heterocycles. The zero-order valence-electron chi connectivity index (χ0n) is 38.5. The molecule has 0 saturated heterocycles. The molecule has 0 aliphatic rings. The Kier molecular flexibility index (Phi) is 22.0. The van der Waals surface area contributed by atoms with Gasteiger partial charge in [-0.25, -0.2) is 0 Å². The summed E-state index contributed by atoms with van der Waals surface area (Å²) in [6.07, 6.45) is 9.79. The van der Waals surface area contributed by atoms with Crippen LogP contribution < -0.4 is 0 Å². The summed E-state index contributed by atoms with van der Waals surface area (Å²) in [5.41, 5.74) is 11.5. The molecule has 6 aromatic rings. The molecule has 6 rings (SSSR count).